The number of rotatable bonds is 8. The molecule has 1 unspecified atom stereocenters. The van der Waals surface area contributed by atoms with Gasteiger partial charge in [-0.15, -0.1) is 0 Å². The Morgan fingerprint density at radius 2 is 1.76 bits per heavy atom. The summed E-state index contributed by atoms with van der Waals surface area (Å²) in [6.45, 7) is 4.75. The minimum Gasteiger partial charge on any atom is -0.493 e. The first kappa shape index (κ1) is 23.0. The standard InChI is InChI=1S/C28H31NO4/c1-3-17-32-24-15-8-7-12-21(24)26-25(19(2)29-22-13-9-14-23(30)27(22)26)28(31)33-18-16-20-10-5-4-6-11-20/h4-8,10-12,15,26-27H,3,9,13-14,16-18H2,1-2H3/t26-,27?/m1/s1. The molecule has 0 bridgehead atoms. The normalized spacial score (nSPS) is 20.2. The molecule has 33 heavy (non-hydrogen) atoms. The molecule has 0 amide bonds. The zero-order valence-corrected chi connectivity index (χ0v) is 19.4. The highest BCUT2D eigenvalue weighted by Gasteiger charge is 2.44. The van der Waals surface area contributed by atoms with E-state index in [1.807, 2.05) is 61.5 Å². The Morgan fingerprint density at radius 1 is 1.00 bits per heavy atom. The second-order valence-corrected chi connectivity index (χ2v) is 8.64. The van der Waals surface area contributed by atoms with Gasteiger partial charge in [-0.2, -0.15) is 0 Å². The van der Waals surface area contributed by atoms with Crippen LogP contribution in [-0.4, -0.2) is 30.7 Å². The summed E-state index contributed by atoms with van der Waals surface area (Å²) in [6.07, 6.45) is 3.60. The largest absolute Gasteiger partial charge is 0.493 e. The fourth-order valence-corrected chi connectivity index (χ4v) is 4.79. The van der Waals surface area contributed by atoms with Gasteiger partial charge in [0.2, 0.25) is 0 Å². The van der Waals surface area contributed by atoms with Gasteiger partial charge < -0.3 is 9.47 Å². The van der Waals surface area contributed by atoms with Crippen molar-refractivity contribution in [3.05, 3.63) is 77.0 Å². The molecule has 5 heteroatoms. The number of ether oxygens (including phenoxy) is 2. The van der Waals surface area contributed by atoms with E-state index in [0.717, 1.165) is 36.1 Å². The third-order valence-electron chi connectivity index (χ3n) is 6.31. The molecular formula is C28H31NO4. The van der Waals surface area contributed by atoms with Crippen molar-refractivity contribution in [2.24, 2.45) is 10.9 Å². The van der Waals surface area contributed by atoms with Crippen LogP contribution in [0.3, 0.4) is 0 Å². The number of hydrogen-bond acceptors (Lipinski definition) is 5. The fourth-order valence-electron chi connectivity index (χ4n) is 4.79. The van der Waals surface area contributed by atoms with Crippen LogP contribution in [0.15, 0.2) is 70.9 Å². The Bertz CT molecular complexity index is 1070. The monoisotopic (exact) mass is 445 g/mol. The number of carbonyl (C=O) groups excluding carboxylic acids is 2. The Labute approximate surface area is 195 Å². The van der Waals surface area contributed by atoms with Gasteiger partial charge in [-0.25, -0.2) is 4.79 Å². The third-order valence-corrected chi connectivity index (χ3v) is 6.31. The first-order valence-electron chi connectivity index (χ1n) is 11.8. The predicted molar refractivity (Wildman–Crippen MR) is 129 cm³/mol. The SMILES string of the molecule is CCCOc1ccccc1[C@@H]1C(C(=O)OCCc2ccccc2)=C(C)N=C2CCCC(=O)C21. The quantitative estimate of drug-likeness (QED) is 0.507. The molecule has 0 spiro atoms. The number of ketones is 1. The summed E-state index contributed by atoms with van der Waals surface area (Å²) < 4.78 is 11.8. The molecule has 2 aromatic carbocycles. The molecule has 1 heterocycles. The van der Waals surface area contributed by atoms with Crippen molar-refractivity contribution in [2.45, 2.75) is 51.9 Å². The second kappa shape index (κ2) is 10.6. The van der Waals surface area contributed by atoms with Gasteiger partial charge in [-0.05, 0) is 37.8 Å². The van der Waals surface area contributed by atoms with Gasteiger partial charge in [0.1, 0.15) is 11.5 Å². The summed E-state index contributed by atoms with van der Waals surface area (Å²) in [5.74, 6) is -0.434. The number of allylic oxidation sites excluding steroid dienone is 1. The minimum atomic E-state index is -0.442. The van der Waals surface area contributed by atoms with E-state index in [1.54, 1.807) is 0 Å². The predicted octanol–water partition coefficient (Wildman–Crippen LogP) is 5.44. The lowest BCUT2D eigenvalue weighted by Gasteiger charge is -2.36. The highest BCUT2D eigenvalue weighted by Crippen LogP contribution is 2.45. The maximum absolute atomic E-state index is 13.4. The van der Waals surface area contributed by atoms with Crippen LogP contribution < -0.4 is 4.74 Å². The highest BCUT2D eigenvalue weighted by molar-refractivity contribution is 6.11. The minimum absolute atomic E-state index is 0.136. The van der Waals surface area contributed by atoms with E-state index >= 15 is 0 Å². The summed E-state index contributed by atoms with van der Waals surface area (Å²) in [7, 11) is 0. The second-order valence-electron chi connectivity index (χ2n) is 8.64. The highest BCUT2D eigenvalue weighted by atomic mass is 16.5. The van der Waals surface area contributed by atoms with E-state index < -0.39 is 17.8 Å². The first-order valence-corrected chi connectivity index (χ1v) is 11.8. The van der Waals surface area contributed by atoms with Gasteiger partial charge in [-0.3, -0.25) is 9.79 Å². The van der Waals surface area contributed by atoms with Crippen molar-refractivity contribution in [2.75, 3.05) is 13.2 Å². The third kappa shape index (κ3) is 5.08. The van der Waals surface area contributed by atoms with Crippen molar-refractivity contribution in [1.29, 1.82) is 0 Å². The number of para-hydroxylation sites is 1. The van der Waals surface area contributed by atoms with Gasteiger partial charge in [0.05, 0.1) is 24.7 Å². The summed E-state index contributed by atoms with van der Waals surface area (Å²) >= 11 is 0. The Kier molecular flexibility index (Phi) is 7.38. The molecule has 0 saturated heterocycles. The zero-order valence-electron chi connectivity index (χ0n) is 19.4. The summed E-state index contributed by atoms with van der Waals surface area (Å²) in [5, 5.41) is 0. The van der Waals surface area contributed by atoms with Crippen LogP contribution in [0.1, 0.15) is 56.6 Å². The van der Waals surface area contributed by atoms with Crippen LogP contribution in [0, 0.1) is 5.92 Å². The molecule has 2 atom stereocenters. The van der Waals surface area contributed by atoms with Gasteiger partial charge >= 0.3 is 5.97 Å². The molecule has 172 valence electrons. The molecule has 5 nitrogen and oxygen atoms in total. The fraction of sp³-hybridized carbons (Fsp3) is 0.393. The van der Waals surface area contributed by atoms with E-state index in [1.165, 1.54) is 0 Å². The molecule has 1 saturated carbocycles. The molecule has 2 aromatic rings. The van der Waals surface area contributed by atoms with Gasteiger partial charge in [-0.1, -0.05) is 55.5 Å². The van der Waals surface area contributed by atoms with Crippen molar-refractivity contribution >= 4 is 17.5 Å². The molecule has 0 aromatic heterocycles. The molecule has 2 aliphatic rings. The molecular weight excluding hydrogens is 414 g/mol. The Hall–Kier alpha value is -3.21. The smallest absolute Gasteiger partial charge is 0.336 e. The average Bonchev–Trinajstić information content (AvgIpc) is 2.83. The van der Waals surface area contributed by atoms with E-state index in [4.69, 9.17) is 14.5 Å². The van der Waals surface area contributed by atoms with Crippen molar-refractivity contribution in [3.8, 4) is 5.75 Å². The van der Waals surface area contributed by atoms with E-state index in [-0.39, 0.29) is 12.4 Å². The molecule has 0 N–H and O–H groups in total. The maximum Gasteiger partial charge on any atom is 0.336 e. The van der Waals surface area contributed by atoms with Crippen LogP contribution >= 0.6 is 0 Å². The van der Waals surface area contributed by atoms with Crippen LogP contribution in [-0.2, 0) is 20.7 Å². The van der Waals surface area contributed by atoms with Crippen LogP contribution in [0.25, 0.3) is 0 Å². The number of fused-ring (bicyclic) bond motifs is 1. The molecule has 1 aliphatic carbocycles. The average molecular weight is 446 g/mol. The number of nitrogens with zero attached hydrogens (tertiary/aromatic N) is 1. The van der Waals surface area contributed by atoms with Gasteiger partial charge in [0.25, 0.3) is 0 Å². The van der Waals surface area contributed by atoms with E-state index in [9.17, 15) is 9.59 Å². The maximum atomic E-state index is 13.4. The van der Waals surface area contributed by atoms with Crippen molar-refractivity contribution in [3.63, 3.8) is 0 Å². The van der Waals surface area contributed by atoms with Crippen LogP contribution in [0.2, 0.25) is 0 Å². The number of carbonyl (C=O) groups is 2. The Balaban J connectivity index is 1.67. The topological polar surface area (TPSA) is 65.0 Å². The van der Waals surface area contributed by atoms with Gasteiger partial charge in [0, 0.05) is 35.7 Å². The Morgan fingerprint density at radius 3 is 2.55 bits per heavy atom. The molecule has 1 aliphatic heterocycles. The molecule has 0 radical (unpaired) electrons. The number of Topliss-reactive ketones (excluding diaryl/α,β-unsaturated/α-hetero) is 1. The van der Waals surface area contributed by atoms with Crippen molar-refractivity contribution < 1.29 is 19.1 Å². The van der Waals surface area contributed by atoms with E-state index in [2.05, 4.69) is 6.92 Å². The number of esters is 1. The molecule has 4 rings (SSSR count). The zero-order chi connectivity index (χ0) is 23.2. The number of aliphatic imine (C=N–C) groups is 1. The lowest BCUT2D eigenvalue weighted by atomic mass is 9.69. The first-order chi connectivity index (χ1) is 16.1. The number of hydrogen-bond donors (Lipinski definition) is 0. The number of benzene rings is 2. The van der Waals surface area contributed by atoms with Gasteiger partial charge in [0.15, 0.2) is 0 Å². The summed E-state index contributed by atoms with van der Waals surface area (Å²) in [5.41, 5.74) is 3.95. The molecule has 1 fully saturated rings. The lowest BCUT2D eigenvalue weighted by Crippen LogP contribution is -2.39. The van der Waals surface area contributed by atoms with E-state index in [0.29, 0.717) is 36.5 Å². The summed E-state index contributed by atoms with van der Waals surface area (Å²) in [6, 6.07) is 17.7. The summed E-state index contributed by atoms with van der Waals surface area (Å²) in [4.78, 5) is 31.2. The lowest BCUT2D eigenvalue weighted by molar-refractivity contribution is -0.139. The van der Waals surface area contributed by atoms with Crippen molar-refractivity contribution in [1.82, 2.24) is 0 Å². The van der Waals surface area contributed by atoms with Crippen LogP contribution in [0.5, 0.6) is 5.75 Å². The van der Waals surface area contributed by atoms with Crippen LogP contribution in [0.4, 0.5) is 0 Å².